The van der Waals surface area contributed by atoms with E-state index in [2.05, 4.69) is 0 Å². The molecular formula is C40H50F2O11. The molecule has 0 radical (unpaired) electrons. The average Bonchev–Trinajstić information content (AvgIpc) is 3.11. The van der Waals surface area contributed by atoms with Crippen molar-refractivity contribution in [1.29, 1.82) is 0 Å². The summed E-state index contributed by atoms with van der Waals surface area (Å²) in [7, 11) is 0. The van der Waals surface area contributed by atoms with Crippen molar-refractivity contribution in [2.24, 2.45) is 69.5 Å². The van der Waals surface area contributed by atoms with Gasteiger partial charge in [-0.3, -0.25) is 24.1 Å². The smallest absolute Gasteiger partial charge is 0.410 e. The number of alkyl halides is 2. The molecule has 13 rings (SSSR count). The van der Waals surface area contributed by atoms with Crippen LogP contribution < -0.4 is 0 Å². The Morgan fingerprint density at radius 1 is 0.660 bits per heavy atom. The molecule has 12 aliphatic carbocycles. The van der Waals surface area contributed by atoms with E-state index >= 15 is 0 Å². The zero-order valence-corrected chi connectivity index (χ0v) is 30.4. The predicted molar refractivity (Wildman–Crippen MR) is 175 cm³/mol. The first-order valence-corrected chi connectivity index (χ1v) is 20.1. The third-order valence-corrected chi connectivity index (χ3v) is 16.0. The lowest BCUT2D eigenvalue weighted by molar-refractivity contribution is -0.430. The molecular weight excluding hydrogens is 694 g/mol. The van der Waals surface area contributed by atoms with Crippen molar-refractivity contribution >= 4 is 29.5 Å². The normalized spacial score (nSPS) is 49.8. The molecule has 11 nitrogen and oxygen atoms in total. The maximum atomic E-state index is 14.0. The number of ether oxygens (including phenoxy) is 4. The van der Waals surface area contributed by atoms with Crippen LogP contribution in [-0.2, 0) is 52.7 Å². The number of hydrogen-bond acceptors (Lipinski definition) is 11. The SMILES string of the molecule is CC(F)(F)C(=O)OOC12CC3CC(C1)C1(OCC(COC(=O)C45CC6CC(C4)C(=O)C(C6)C5)(COC(=O)C45CC6CC(C4)C(=O)C(C6)C5)CO1)C(C3)C2. The van der Waals surface area contributed by atoms with E-state index in [9.17, 15) is 32.8 Å². The summed E-state index contributed by atoms with van der Waals surface area (Å²) in [6.07, 6.45) is 9.98. The molecule has 6 atom stereocenters. The van der Waals surface area contributed by atoms with E-state index in [0.29, 0.717) is 75.3 Å². The molecule has 1 saturated heterocycles. The Hall–Kier alpha value is -2.51. The van der Waals surface area contributed by atoms with Gasteiger partial charge in [-0.2, -0.15) is 13.7 Å². The van der Waals surface area contributed by atoms with Gasteiger partial charge in [-0.25, -0.2) is 4.79 Å². The van der Waals surface area contributed by atoms with Crippen LogP contribution >= 0.6 is 0 Å². The minimum Gasteiger partial charge on any atom is -0.464 e. The van der Waals surface area contributed by atoms with Crippen LogP contribution in [-0.4, -0.2) is 73.2 Å². The standard InChI is InChI=1S/C40H50F2O11/c1-35(41,42)32(45)52-53-39-10-23-6-28(15-39)40(29(7-23)16-39)50-19-36(20-51-40,17-48-33(46)37-8-21-2-24(11-37)30(43)25(3-21)12-37)18-49-34(47)38-9-22-4-26(13-38)31(44)27(5-22)14-38/h21-29H,2-20H2,1H3. The number of halogens is 2. The van der Waals surface area contributed by atoms with Gasteiger partial charge in [0, 0.05) is 42.4 Å². The largest absolute Gasteiger partial charge is 0.464 e. The van der Waals surface area contributed by atoms with Crippen LogP contribution in [0.15, 0.2) is 0 Å². The molecule has 0 aromatic carbocycles. The summed E-state index contributed by atoms with van der Waals surface area (Å²) >= 11 is 0. The maximum Gasteiger partial charge on any atom is 0.410 e. The molecule has 0 amide bonds. The first kappa shape index (κ1) is 34.9. The van der Waals surface area contributed by atoms with Gasteiger partial charge in [0.1, 0.15) is 30.4 Å². The molecule has 13 aliphatic rings. The summed E-state index contributed by atoms with van der Waals surface area (Å²) in [5, 5.41) is 0. The second kappa shape index (κ2) is 11.5. The van der Waals surface area contributed by atoms with Crippen molar-refractivity contribution < 1.29 is 61.5 Å². The summed E-state index contributed by atoms with van der Waals surface area (Å²) in [6, 6.07) is 0. The minimum absolute atomic E-state index is 0.0730. The predicted octanol–water partition coefficient (Wildman–Crippen LogP) is 5.30. The fourth-order valence-corrected chi connectivity index (χ4v) is 14.2. The lowest BCUT2D eigenvalue weighted by atomic mass is 9.49. The third kappa shape index (κ3) is 5.35. The van der Waals surface area contributed by atoms with E-state index in [1.165, 1.54) is 0 Å². The number of rotatable bonds is 9. The number of ketones is 2. The van der Waals surface area contributed by atoms with Gasteiger partial charge in [0.05, 0.1) is 29.5 Å². The molecule has 13 heteroatoms. The topological polar surface area (TPSA) is 141 Å². The number of hydrogen-bond donors (Lipinski definition) is 0. The molecule has 1 heterocycles. The van der Waals surface area contributed by atoms with Crippen molar-refractivity contribution in [1.82, 2.24) is 0 Å². The lowest BCUT2D eigenvalue weighted by Gasteiger charge is -2.64. The van der Waals surface area contributed by atoms with Gasteiger partial charge < -0.3 is 18.9 Å². The van der Waals surface area contributed by atoms with Crippen molar-refractivity contribution in [3.63, 3.8) is 0 Å². The summed E-state index contributed by atoms with van der Waals surface area (Å²) in [5.41, 5.74) is -3.23. The van der Waals surface area contributed by atoms with Gasteiger partial charge in [-0.15, -0.1) is 0 Å². The van der Waals surface area contributed by atoms with Crippen LogP contribution in [0.25, 0.3) is 0 Å². The third-order valence-electron chi connectivity index (χ3n) is 16.0. The van der Waals surface area contributed by atoms with E-state index in [4.69, 9.17) is 28.7 Å². The van der Waals surface area contributed by atoms with Gasteiger partial charge in [0.2, 0.25) is 0 Å². The summed E-state index contributed by atoms with van der Waals surface area (Å²) in [4.78, 5) is 75.9. The molecule has 12 bridgehead atoms. The minimum atomic E-state index is -3.67. The molecule has 6 unspecified atom stereocenters. The van der Waals surface area contributed by atoms with E-state index in [1.807, 2.05) is 0 Å². The average molecular weight is 745 g/mol. The zero-order chi connectivity index (χ0) is 36.8. The number of carbonyl (C=O) groups is 5. The van der Waals surface area contributed by atoms with Gasteiger partial charge in [0.25, 0.3) is 0 Å². The number of esters is 2. The Morgan fingerprint density at radius 2 is 1.09 bits per heavy atom. The number of carbonyl (C=O) groups excluding carboxylic acids is 5. The van der Waals surface area contributed by atoms with Crippen LogP contribution in [0.5, 0.6) is 0 Å². The molecule has 53 heavy (non-hydrogen) atoms. The molecule has 0 N–H and O–H groups in total. The van der Waals surface area contributed by atoms with Crippen LogP contribution in [0.3, 0.4) is 0 Å². The van der Waals surface area contributed by atoms with E-state index < -0.39 is 39.5 Å². The second-order valence-electron chi connectivity index (χ2n) is 19.9. The van der Waals surface area contributed by atoms with Crippen LogP contribution in [0.2, 0.25) is 0 Å². The lowest BCUT2D eigenvalue weighted by Crippen LogP contribution is -2.69. The van der Waals surface area contributed by atoms with E-state index in [0.717, 1.165) is 51.4 Å². The van der Waals surface area contributed by atoms with Crippen molar-refractivity contribution in [3.8, 4) is 0 Å². The molecule has 12 saturated carbocycles. The summed E-state index contributed by atoms with van der Waals surface area (Å²) in [6.45, 7) is 0.544. The Morgan fingerprint density at radius 3 is 1.53 bits per heavy atom. The molecule has 13 fully saturated rings. The van der Waals surface area contributed by atoms with Gasteiger partial charge in [-0.1, -0.05) is 0 Å². The highest BCUT2D eigenvalue weighted by atomic mass is 19.3. The van der Waals surface area contributed by atoms with Crippen LogP contribution in [0, 0.1) is 69.5 Å². The Labute approximate surface area is 307 Å². The highest BCUT2D eigenvalue weighted by molar-refractivity contribution is 5.90. The van der Waals surface area contributed by atoms with E-state index in [-0.39, 0.29) is 79.8 Å². The highest BCUT2D eigenvalue weighted by Gasteiger charge is 2.68. The van der Waals surface area contributed by atoms with Gasteiger partial charge in [-0.05, 0) is 114 Å². The quantitative estimate of drug-likeness (QED) is 0.173. The molecule has 1 aliphatic heterocycles. The van der Waals surface area contributed by atoms with Crippen LogP contribution in [0.1, 0.15) is 103 Å². The van der Waals surface area contributed by atoms with Gasteiger partial charge >= 0.3 is 23.8 Å². The van der Waals surface area contributed by atoms with Crippen molar-refractivity contribution in [2.75, 3.05) is 26.4 Å². The maximum absolute atomic E-state index is 14.0. The Bertz CT molecular complexity index is 1500. The first-order chi connectivity index (χ1) is 25.1. The monoisotopic (exact) mass is 744 g/mol. The Balaban J connectivity index is 0.862. The van der Waals surface area contributed by atoms with Crippen molar-refractivity contribution in [3.05, 3.63) is 0 Å². The molecule has 0 aromatic heterocycles. The highest BCUT2D eigenvalue weighted by Crippen LogP contribution is 2.65. The fraction of sp³-hybridized carbons (Fsp3) is 0.875. The fourth-order valence-electron chi connectivity index (χ4n) is 14.2. The summed E-state index contributed by atoms with van der Waals surface area (Å²) in [5.74, 6) is -6.05. The molecule has 0 aromatic rings. The Kier molecular flexibility index (Phi) is 7.60. The second-order valence-corrected chi connectivity index (χ2v) is 19.9. The summed E-state index contributed by atoms with van der Waals surface area (Å²) < 4.78 is 53.2. The van der Waals surface area contributed by atoms with Crippen molar-refractivity contribution in [2.45, 2.75) is 121 Å². The first-order valence-electron chi connectivity index (χ1n) is 20.1. The molecule has 1 spiro atoms. The van der Waals surface area contributed by atoms with Gasteiger partial charge in [0.15, 0.2) is 5.79 Å². The molecule has 290 valence electrons. The zero-order valence-electron chi connectivity index (χ0n) is 30.4. The van der Waals surface area contributed by atoms with Crippen LogP contribution in [0.4, 0.5) is 8.78 Å². The number of Topliss-reactive ketones (excluding diaryl/α,β-unsaturated/α-hetero) is 2. The van der Waals surface area contributed by atoms with E-state index in [1.54, 1.807) is 0 Å².